The summed E-state index contributed by atoms with van der Waals surface area (Å²) < 4.78 is 5.36. The van der Waals surface area contributed by atoms with Gasteiger partial charge >= 0.3 is 0 Å². The van der Waals surface area contributed by atoms with Crippen molar-refractivity contribution in [1.29, 1.82) is 0 Å². The molecular formula is C16H24N2O. The van der Waals surface area contributed by atoms with Crippen molar-refractivity contribution in [2.24, 2.45) is 0 Å². The second-order valence-corrected chi connectivity index (χ2v) is 5.90. The van der Waals surface area contributed by atoms with Gasteiger partial charge in [-0.15, -0.1) is 0 Å². The molecule has 1 aliphatic heterocycles. The highest BCUT2D eigenvalue weighted by Crippen LogP contribution is 2.34. The fraction of sp³-hybridized carbons (Fsp3) is 0.625. The lowest BCUT2D eigenvalue weighted by Crippen LogP contribution is -2.41. The molecule has 1 saturated heterocycles. The summed E-state index contributed by atoms with van der Waals surface area (Å²) in [5, 5.41) is 3.86. The Morgan fingerprint density at radius 1 is 1.21 bits per heavy atom. The molecule has 1 aromatic carbocycles. The zero-order valence-corrected chi connectivity index (χ0v) is 12.0. The van der Waals surface area contributed by atoms with Crippen LogP contribution in [0.25, 0.3) is 0 Å². The fourth-order valence-electron chi connectivity index (χ4n) is 3.34. The molecule has 1 aromatic rings. The number of rotatable bonds is 3. The predicted molar refractivity (Wildman–Crippen MR) is 77.7 cm³/mol. The smallest absolute Gasteiger partial charge is 0.119 e. The lowest BCUT2D eigenvalue weighted by molar-refractivity contribution is 0.224. The van der Waals surface area contributed by atoms with Gasteiger partial charge in [-0.3, -0.25) is 0 Å². The van der Waals surface area contributed by atoms with E-state index >= 15 is 0 Å². The summed E-state index contributed by atoms with van der Waals surface area (Å²) >= 11 is 0. The molecule has 0 amide bonds. The van der Waals surface area contributed by atoms with Gasteiger partial charge in [0.05, 0.1) is 7.11 Å². The first-order valence-electron chi connectivity index (χ1n) is 7.37. The lowest BCUT2D eigenvalue weighted by atomic mass is 10.0. The van der Waals surface area contributed by atoms with Gasteiger partial charge in [0.2, 0.25) is 0 Å². The maximum Gasteiger partial charge on any atom is 0.119 e. The first-order valence-corrected chi connectivity index (χ1v) is 7.37. The number of methoxy groups -OCH3 is 1. The van der Waals surface area contributed by atoms with Crippen LogP contribution in [-0.2, 0) is 6.42 Å². The van der Waals surface area contributed by atoms with E-state index in [9.17, 15) is 0 Å². The summed E-state index contributed by atoms with van der Waals surface area (Å²) in [6.45, 7) is 2.44. The molecule has 1 fully saturated rings. The Labute approximate surface area is 115 Å². The second kappa shape index (κ2) is 5.51. The van der Waals surface area contributed by atoms with Gasteiger partial charge in [0, 0.05) is 12.1 Å². The monoisotopic (exact) mass is 260 g/mol. The van der Waals surface area contributed by atoms with Gasteiger partial charge in [0.15, 0.2) is 0 Å². The third-order valence-corrected chi connectivity index (χ3v) is 4.59. The van der Waals surface area contributed by atoms with Crippen molar-refractivity contribution in [1.82, 2.24) is 10.2 Å². The largest absolute Gasteiger partial charge is 0.497 e. The molecule has 0 saturated carbocycles. The molecule has 0 spiro atoms. The Balaban J connectivity index is 1.68. The van der Waals surface area contributed by atoms with Gasteiger partial charge in [-0.1, -0.05) is 6.07 Å². The Bertz CT molecular complexity index is 438. The number of piperidine rings is 1. The third kappa shape index (κ3) is 2.77. The summed E-state index contributed by atoms with van der Waals surface area (Å²) in [4.78, 5) is 2.42. The van der Waals surface area contributed by atoms with Crippen LogP contribution in [0.15, 0.2) is 18.2 Å². The number of ether oxygens (including phenoxy) is 1. The zero-order valence-electron chi connectivity index (χ0n) is 12.0. The molecular weight excluding hydrogens is 236 g/mol. The van der Waals surface area contributed by atoms with E-state index in [1.807, 2.05) is 0 Å². The minimum Gasteiger partial charge on any atom is -0.497 e. The molecule has 2 aliphatic rings. The van der Waals surface area contributed by atoms with Crippen LogP contribution in [0.1, 0.15) is 36.4 Å². The van der Waals surface area contributed by atoms with Crippen LogP contribution < -0.4 is 10.1 Å². The highest BCUT2D eigenvalue weighted by Gasteiger charge is 2.26. The van der Waals surface area contributed by atoms with E-state index < -0.39 is 0 Å². The Hall–Kier alpha value is -1.06. The zero-order chi connectivity index (χ0) is 13.2. The summed E-state index contributed by atoms with van der Waals surface area (Å²) in [5.41, 5.74) is 2.95. The van der Waals surface area contributed by atoms with E-state index in [4.69, 9.17) is 4.74 Å². The number of benzene rings is 1. The number of hydrogen-bond acceptors (Lipinski definition) is 3. The molecule has 0 radical (unpaired) electrons. The molecule has 1 unspecified atom stereocenters. The molecule has 3 nitrogen and oxygen atoms in total. The first-order chi connectivity index (χ1) is 9.26. The van der Waals surface area contributed by atoms with Crippen molar-refractivity contribution in [2.75, 3.05) is 27.2 Å². The standard InChI is InChI=1S/C16H24N2O/c1-18-9-7-13(8-10-18)17-16-6-4-12-3-5-14(19-2)11-15(12)16/h3,5,11,13,16-17H,4,6-10H2,1-2H3. The maximum atomic E-state index is 5.36. The average molecular weight is 260 g/mol. The van der Waals surface area contributed by atoms with Crippen LogP contribution in [0.4, 0.5) is 0 Å². The number of likely N-dealkylation sites (tertiary alicyclic amines) is 1. The number of fused-ring (bicyclic) bond motifs is 1. The molecule has 1 N–H and O–H groups in total. The van der Waals surface area contributed by atoms with E-state index in [0.717, 1.165) is 5.75 Å². The van der Waals surface area contributed by atoms with Gasteiger partial charge in [-0.05, 0) is 69.1 Å². The summed E-state index contributed by atoms with van der Waals surface area (Å²) in [6.07, 6.45) is 4.97. The molecule has 3 rings (SSSR count). The minimum atomic E-state index is 0.526. The van der Waals surface area contributed by atoms with Crippen LogP contribution in [0.5, 0.6) is 5.75 Å². The molecule has 104 valence electrons. The third-order valence-electron chi connectivity index (χ3n) is 4.59. The number of aryl methyl sites for hydroxylation is 1. The fourth-order valence-corrected chi connectivity index (χ4v) is 3.34. The molecule has 1 aliphatic carbocycles. The summed E-state index contributed by atoms with van der Waals surface area (Å²) in [7, 11) is 3.96. The van der Waals surface area contributed by atoms with Crippen LogP contribution in [0, 0.1) is 0 Å². The van der Waals surface area contributed by atoms with Crippen molar-refractivity contribution in [3.8, 4) is 5.75 Å². The second-order valence-electron chi connectivity index (χ2n) is 5.90. The van der Waals surface area contributed by atoms with Gasteiger partial charge in [-0.25, -0.2) is 0 Å². The Kier molecular flexibility index (Phi) is 3.76. The lowest BCUT2D eigenvalue weighted by Gasteiger charge is -2.31. The highest BCUT2D eigenvalue weighted by atomic mass is 16.5. The van der Waals surface area contributed by atoms with Crippen molar-refractivity contribution in [2.45, 2.75) is 37.8 Å². The van der Waals surface area contributed by atoms with Gasteiger partial charge < -0.3 is 15.0 Å². The van der Waals surface area contributed by atoms with E-state index in [1.54, 1.807) is 7.11 Å². The number of nitrogens with zero attached hydrogens (tertiary/aromatic N) is 1. The number of nitrogens with one attached hydrogen (secondary N) is 1. The normalized spacial score (nSPS) is 24.4. The van der Waals surface area contributed by atoms with E-state index in [-0.39, 0.29) is 0 Å². The Morgan fingerprint density at radius 3 is 2.74 bits per heavy atom. The molecule has 3 heteroatoms. The molecule has 1 heterocycles. The van der Waals surface area contributed by atoms with Crippen molar-refractivity contribution in [3.05, 3.63) is 29.3 Å². The SMILES string of the molecule is COc1ccc2c(c1)C(NC1CCN(C)CC1)CC2. The van der Waals surface area contributed by atoms with Gasteiger partial charge in [-0.2, -0.15) is 0 Å². The van der Waals surface area contributed by atoms with Gasteiger partial charge in [0.25, 0.3) is 0 Å². The van der Waals surface area contributed by atoms with E-state index in [2.05, 4.69) is 35.5 Å². The van der Waals surface area contributed by atoms with Crippen molar-refractivity contribution >= 4 is 0 Å². The predicted octanol–water partition coefficient (Wildman–Crippen LogP) is 2.37. The molecule has 1 atom stereocenters. The van der Waals surface area contributed by atoms with E-state index in [1.165, 1.54) is 49.9 Å². The summed E-state index contributed by atoms with van der Waals surface area (Å²) in [5.74, 6) is 0.982. The highest BCUT2D eigenvalue weighted by molar-refractivity contribution is 5.40. The average Bonchev–Trinajstić information content (AvgIpc) is 2.84. The van der Waals surface area contributed by atoms with Crippen molar-refractivity contribution in [3.63, 3.8) is 0 Å². The van der Waals surface area contributed by atoms with Crippen LogP contribution in [0.3, 0.4) is 0 Å². The topological polar surface area (TPSA) is 24.5 Å². The molecule has 0 aromatic heterocycles. The van der Waals surface area contributed by atoms with Crippen molar-refractivity contribution < 1.29 is 4.74 Å². The maximum absolute atomic E-state index is 5.36. The Morgan fingerprint density at radius 2 is 2.00 bits per heavy atom. The molecule has 19 heavy (non-hydrogen) atoms. The van der Waals surface area contributed by atoms with E-state index in [0.29, 0.717) is 12.1 Å². The van der Waals surface area contributed by atoms with Gasteiger partial charge in [0.1, 0.15) is 5.75 Å². The molecule has 0 bridgehead atoms. The first kappa shape index (κ1) is 12.9. The minimum absolute atomic E-state index is 0.526. The quantitative estimate of drug-likeness (QED) is 0.903. The summed E-state index contributed by atoms with van der Waals surface area (Å²) in [6, 6.07) is 7.73. The number of hydrogen-bond donors (Lipinski definition) is 1. The van der Waals surface area contributed by atoms with Crippen LogP contribution >= 0.6 is 0 Å². The van der Waals surface area contributed by atoms with Crippen LogP contribution in [-0.4, -0.2) is 38.2 Å². The van der Waals surface area contributed by atoms with Crippen LogP contribution in [0.2, 0.25) is 0 Å².